The van der Waals surface area contributed by atoms with E-state index in [0.717, 1.165) is 4.90 Å². The summed E-state index contributed by atoms with van der Waals surface area (Å²) in [6.45, 7) is 2.84. The van der Waals surface area contributed by atoms with E-state index >= 15 is 0 Å². The first-order valence-electron chi connectivity index (χ1n) is 8.28. The Morgan fingerprint density at radius 3 is 2.44 bits per heavy atom. The normalized spacial score (nSPS) is 24.3. The summed E-state index contributed by atoms with van der Waals surface area (Å²) in [7, 11) is 0. The van der Waals surface area contributed by atoms with E-state index in [0.29, 0.717) is 10.6 Å². The molecule has 3 unspecified atom stereocenters. The van der Waals surface area contributed by atoms with Gasteiger partial charge in [0.05, 0.1) is 6.61 Å². The van der Waals surface area contributed by atoms with E-state index in [1.54, 1.807) is 31.2 Å². The molecule has 2 aliphatic rings. The number of carbonyl (C=O) groups excluding carboxylic acids is 4. The third-order valence-electron chi connectivity index (χ3n) is 4.55. The molecule has 8 nitrogen and oxygen atoms in total. The van der Waals surface area contributed by atoms with Crippen molar-refractivity contribution in [2.24, 2.45) is 5.92 Å². The summed E-state index contributed by atoms with van der Waals surface area (Å²) in [6, 6.07) is 5.29. The summed E-state index contributed by atoms with van der Waals surface area (Å²) >= 11 is 5.91. The van der Waals surface area contributed by atoms with E-state index in [1.165, 1.54) is 6.92 Å². The van der Waals surface area contributed by atoms with E-state index in [2.05, 4.69) is 5.32 Å². The summed E-state index contributed by atoms with van der Waals surface area (Å²) in [5.41, 5.74) is 0.170. The molecule has 3 rings (SSSR count). The smallest absolute Gasteiger partial charge is 0.319 e. The molecular formula is C18H17ClN2O6. The fourth-order valence-electron chi connectivity index (χ4n) is 3.51. The predicted octanol–water partition coefficient (Wildman–Crippen LogP) is 1.26. The number of nitrogens with one attached hydrogen (secondary N) is 1. The lowest BCUT2D eigenvalue weighted by molar-refractivity contribution is -0.153. The van der Waals surface area contributed by atoms with Gasteiger partial charge in [-0.3, -0.25) is 24.1 Å². The molecule has 3 atom stereocenters. The number of carbonyl (C=O) groups is 4. The van der Waals surface area contributed by atoms with Crippen LogP contribution in [0.5, 0.6) is 0 Å². The molecule has 1 saturated heterocycles. The molecule has 2 N–H and O–H groups in total. The first-order valence-corrected chi connectivity index (χ1v) is 8.66. The molecular weight excluding hydrogens is 376 g/mol. The molecule has 2 heterocycles. The minimum atomic E-state index is -1.29. The number of amides is 3. The SMILES string of the molecule is CCOC(=O)C1C(=O)N2C(=O)C(NC(C)=O)=C(O)C2C1c1ccc(Cl)cc1. The van der Waals surface area contributed by atoms with Gasteiger partial charge in [0.1, 0.15) is 23.4 Å². The van der Waals surface area contributed by atoms with Gasteiger partial charge in [-0.25, -0.2) is 0 Å². The molecule has 1 fully saturated rings. The summed E-state index contributed by atoms with van der Waals surface area (Å²) in [5.74, 6) is -5.61. The van der Waals surface area contributed by atoms with Crippen molar-refractivity contribution >= 4 is 35.3 Å². The van der Waals surface area contributed by atoms with Gasteiger partial charge in [-0.15, -0.1) is 0 Å². The molecule has 0 bridgehead atoms. The zero-order chi connectivity index (χ0) is 19.9. The van der Waals surface area contributed by atoms with Crippen LogP contribution >= 0.6 is 11.6 Å². The van der Waals surface area contributed by atoms with Crippen molar-refractivity contribution in [3.05, 3.63) is 46.3 Å². The summed E-state index contributed by atoms with van der Waals surface area (Å²) < 4.78 is 5.01. The highest BCUT2D eigenvalue weighted by Crippen LogP contribution is 2.46. The van der Waals surface area contributed by atoms with Crippen LogP contribution in [-0.4, -0.2) is 46.3 Å². The molecule has 1 aromatic rings. The zero-order valence-corrected chi connectivity index (χ0v) is 15.3. The molecule has 2 aliphatic heterocycles. The Labute approximate surface area is 159 Å². The second-order valence-electron chi connectivity index (χ2n) is 6.21. The average molecular weight is 393 g/mol. The second-order valence-corrected chi connectivity index (χ2v) is 6.64. The van der Waals surface area contributed by atoms with Gasteiger partial charge in [-0.1, -0.05) is 23.7 Å². The van der Waals surface area contributed by atoms with E-state index in [-0.39, 0.29) is 12.3 Å². The van der Waals surface area contributed by atoms with Crippen LogP contribution in [0.1, 0.15) is 25.3 Å². The third kappa shape index (κ3) is 3.06. The van der Waals surface area contributed by atoms with Gasteiger partial charge in [0.25, 0.3) is 5.91 Å². The molecule has 0 saturated carbocycles. The number of ether oxygens (including phenoxy) is 1. The van der Waals surface area contributed by atoms with Crippen molar-refractivity contribution in [1.29, 1.82) is 0 Å². The van der Waals surface area contributed by atoms with Crippen LogP contribution in [0.25, 0.3) is 0 Å². The standard InChI is InChI=1S/C18H17ClN2O6/c1-3-27-18(26)12-11(9-4-6-10(19)7-5-9)14-15(23)13(20-8(2)22)17(25)21(14)16(12)24/h4-7,11-12,14,23H,3H2,1-2H3,(H,20,22). The lowest BCUT2D eigenvalue weighted by atomic mass is 9.83. The lowest BCUT2D eigenvalue weighted by Gasteiger charge is -2.21. The molecule has 9 heteroatoms. The fourth-order valence-corrected chi connectivity index (χ4v) is 3.64. The first kappa shape index (κ1) is 18.9. The Morgan fingerprint density at radius 2 is 1.89 bits per heavy atom. The summed E-state index contributed by atoms with van der Waals surface area (Å²) in [4.78, 5) is 50.0. The Bertz CT molecular complexity index is 863. The van der Waals surface area contributed by atoms with Gasteiger partial charge >= 0.3 is 5.97 Å². The minimum Gasteiger partial charge on any atom is -0.508 e. The van der Waals surface area contributed by atoms with Crippen molar-refractivity contribution in [3.8, 4) is 0 Å². The maximum atomic E-state index is 12.9. The number of rotatable bonds is 4. The number of nitrogens with zero attached hydrogens (tertiary/aromatic N) is 1. The molecule has 0 aromatic heterocycles. The quantitative estimate of drug-likeness (QED) is 0.453. The van der Waals surface area contributed by atoms with Gasteiger partial charge < -0.3 is 15.2 Å². The predicted molar refractivity (Wildman–Crippen MR) is 93.4 cm³/mol. The van der Waals surface area contributed by atoms with Crippen LogP contribution < -0.4 is 5.32 Å². The van der Waals surface area contributed by atoms with Crippen LogP contribution in [0, 0.1) is 5.92 Å². The number of fused-ring (bicyclic) bond motifs is 1. The molecule has 0 aliphatic carbocycles. The van der Waals surface area contributed by atoms with Crippen LogP contribution in [0.15, 0.2) is 35.7 Å². The number of imide groups is 1. The van der Waals surface area contributed by atoms with Gasteiger partial charge in [-0.05, 0) is 24.6 Å². The molecule has 142 valence electrons. The maximum absolute atomic E-state index is 12.9. The van der Waals surface area contributed by atoms with Gasteiger partial charge in [0.2, 0.25) is 11.8 Å². The van der Waals surface area contributed by atoms with E-state index in [9.17, 15) is 24.3 Å². The van der Waals surface area contributed by atoms with Crippen molar-refractivity contribution in [2.45, 2.75) is 25.8 Å². The topological polar surface area (TPSA) is 113 Å². The van der Waals surface area contributed by atoms with E-state index < -0.39 is 47.3 Å². The van der Waals surface area contributed by atoms with E-state index in [4.69, 9.17) is 16.3 Å². The van der Waals surface area contributed by atoms with Crippen molar-refractivity contribution in [3.63, 3.8) is 0 Å². The maximum Gasteiger partial charge on any atom is 0.319 e. The van der Waals surface area contributed by atoms with Crippen molar-refractivity contribution in [2.75, 3.05) is 6.61 Å². The first-order chi connectivity index (χ1) is 12.8. The van der Waals surface area contributed by atoms with Crippen LogP contribution in [0.4, 0.5) is 0 Å². The van der Waals surface area contributed by atoms with Crippen LogP contribution in [0.2, 0.25) is 5.02 Å². The highest BCUT2D eigenvalue weighted by molar-refractivity contribution is 6.30. The Hall–Kier alpha value is -2.87. The molecule has 3 amide bonds. The molecule has 1 aromatic carbocycles. The van der Waals surface area contributed by atoms with E-state index in [1.807, 2.05) is 0 Å². The lowest BCUT2D eigenvalue weighted by Crippen LogP contribution is -2.38. The van der Waals surface area contributed by atoms with Crippen LogP contribution in [-0.2, 0) is 23.9 Å². The Balaban J connectivity index is 2.12. The van der Waals surface area contributed by atoms with Crippen LogP contribution in [0.3, 0.4) is 0 Å². The number of aliphatic hydroxyl groups is 1. The Kier molecular flexibility index (Phi) is 4.93. The van der Waals surface area contributed by atoms with Gasteiger partial charge in [0, 0.05) is 17.9 Å². The molecule has 27 heavy (non-hydrogen) atoms. The largest absolute Gasteiger partial charge is 0.508 e. The second kappa shape index (κ2) is 7.03. The highest BCUT2D eigenvalue weighted by Gasteiger charge is 2.61. The number of hydrogen-bond donors (Lipinski definition) is 2. The molecule has 0 radical (unpaired) electrons. The summed E-state index contributed by atoms with van der Waals surface area (Å²) in [6.07, 6.45) is 0. The van der Waals surface area contributed by atoms with Gasteiger partial charge in [0.15, 0.2) is 0 Å². The highest BCUT2D eigenvalue weighted by atomic mass is 35.5. The fraction of sp³-hybridized carbons (Fsp3) is 0.333. The van der Waals surface area contributed by atoms with Gasteiger partial charge in [-0.2, -0.15) is 0 Å². The number of benzene rings is 1. The monoisotopic (exact) mass is 392 g/mol. The minimum absolute atomic E-state index is 0.0630. The third-order valence-corrected chi connectivity index (χ3v) is 4.80. The number of aliphatic hydroxyl groups excluding tert-OH is 1. The number of esters is 1. The molecule has 0 spiro atoms. The Morgan fingerprint density at radius 1 is 1.26 bits per heavy atom. The zero-order valence-electron chi connectivity index (χ0n) is 14.6. The average Bonchev–Trinajstić information content (AvgIpc) is 3.04. The number of hydrogen-bond acceptors (Lipinski definition) is 6. The van der Waals surface area contributed by atoms with Crippen molar-refractivity contribution < 1.29 is 29.0 Å². The van der Waals surface area contributed by atoms with Crippen molar-refractivity contribution in [1.82, 2.24) is 10.2 Å². The number of halogens is 1. The summed E-state index contributed by atoms with van der Waals surface area (Å²) in [5, 5.41) is 13.3.